The van der Waals surface area contributed by atoms with E-state index in [1.165, 1.54) is 5.56 Å². The Morgan fingerprint density at radius 3 is 2.08 bits per heavy atom. The smallest absolute Gasteiger partial charge is 0.343 e. The van der Waals surface area contributed by atoms with Gasteiger partial charge in [0.2, 0.25) is 0 Å². The van der Waals surface area contributed by atoms with Crippen LogP contribution in [0.3, 0.4) is 0 Å². The maximum atomic E-state index is 12.6. The summed E-state index contributed by atoms with van der Waals surface area (Å²) < 4.78 is 5.61. The van der Waals surface area contributed by atoms with Crippen molar-refractivity contribution in [3.8, 4) is 16.9 Å². The van der Waals surface area contributed by atoms with Crippen LogP contribution in [-0.4, -0.2) is 17.0 Å². The third-order valence-electron chi connectivity index (χ3n) is 7.06. The number of carbonyl (C=O) groups excluding carboxylic acids is 1. The topological polar surface area (TPSA) is 63.6 Å². The van der Waals surface area contributed by atoms with Gasteiger partial charge in [-0.25, -0.2) is 9.59 Å². The first kappa shape index (κ1) is 27.2. The van der Waals surface area contributed by atoms with E-state index in [2.05, 4.69) is 27.7 Å². The van der Waals surface area contributed by atoms with Crippen molar-refractivity contribution < 1.29 is 19.4 Å². The summed E-state index contributed by atoms with van der Waals surface area (Å²) in [5, 5.41) is 9.55. The lowest BCUT2D eigenvalue weighted by molar-refractivity contribution is 0.0694. The fourth-order valence-electron chi connectivity index (χ4n) is 4.67. The Bertz CT molecular complexity index is 1140. The largest absolute Gasteiger partial charge is 0.478 e. The van der Waals surface area contributed by atoms with Crippen LogP contribution in [-0.2, 0) is 6.42 Å². The minimum Gasteiger partial charge on any atom is -0.478 e. The first-order valence-corrected chi connectivity index (χ1v) is 13.1. The van der Waals surface area contributed by atoms with E-state index in [0.717, 1.165) is 55.2 Å². The summed E-state index contributed by atoms with van der Waals surface area (Å²) in [6, 6.07) is 20.4. The third-order valence-corrected chi connectivity index (χ3v) is 7.06. The molecular formula is C32H38O4. The van der Waals surface area contributed by atoms with Crippen LogP contribution in [0.25, 0.3) is 11.1 Å². The van der Waals surface area contributed by atoms with Gasteiger partial charge in [-0.2, -0.15) is 0 Å². The molecule has 0 bridgehead atoms. The van der Waals surface area contributed by atoms with Crippen LogP contribution in [0.15, 0.2) is 66.7 Å². The predicted octanol–water partition coefficient (Wildman–Crippen LogP) is 8.54. The van der Waals surface area contributed by atoms with Gasteiger partial charge in [-0.3, -0.25) is 0 Å². The number of aromatic carboxylic acids is 1. The molecule has 1 N–H and O–H groups in total. The number of carboxylic acids is 1. The molecule has 0 aliphatic heterocycles. The molecule has 36 heavy (non-hydrogen) atoms. The van der Waals surface area contributed by atoms with Crippen LogP contribution in [0, 0.1) is 5.92 Å². The number of aryl methyl sites for hydroxylation is 1. The van der Waals surface area contributed by atoms with Gasteiger partial charge in [0.1, 0.15) is 5.75 Å². The van der Waals surface area contributed by atoms with E-state index in [9.17, 15) is 14.7 Å². The molecule has 0 aliphatic carbocycles. The first-order valence-electron chi connectivity index (χ1n) is 13.1. The molecule has 1 atom stereocenters. The van der Waals surface area contributed by atoms with Gasteiger partial charge in [0.05, 0.1) is 11.1 Å². The fourth-order valence-corrected chi connectivity index (χ4v) is 4.67. The number of carbonyl (C=O) groups is 2. The van der Waals surface area contributed by atoms with E-state index >= 15 is 0 Å². The molecule has 190 valence electrons. The summed E-state index contributed by atoms with van der Waals surface area (Å²) >= 11 is 0. The number of hydrogen-bond donors (Lipinski definition) is 1. The summed E-state index contributed by atoms with van der Waals surface area (Å²) in [6.07, 6.45) is 6.51. The average molecular weight is 487 g/mol. The quantitative estimate of drug-likeness (QED) is 0.206. The summed E-state index contributed by atoms with van der Waals surface area (Å²) in [6.45, 7) is 8.75. The second kappa shape index (κ2) is 13.1. The van der Waals surface area contributed by atoms with Crippen molar-refractivity contribution in [1.82, 2.24) is 0 Å². The van der Waals surface area contributed by atoms with Crippen LogP contribution < -0.4 is 4.74 Å². The molecule has 3 aromatic carbocycles. The van der Waals surface area contributed by atoms with Gasteiger partial charge in [-0.1, -0.05) is 77.3 Å². The van der Waals surface area contributed by atoms with E-state index in [1.807, 2.05) is 48.5 Å². The zero-order valence-corrected chi connectivity index (χ0v) is 21.9. The molecule has 0 saturated carbocycles. The Morgan fingerprint density at radius 2 is 1.50 bits per heavy atom. The Kier molecular flexibility index (Phi) is 9.86. The number of esters is 1. The molecule has 0 spiro atoms. The summed E-state index contributed by atoms with van der Waals surface area (Å²) in [5.41, 5.74) is 5.07. The molecule has 0 saturated heterocycles. The highest BCUT2D eigenvalue weighted by Crippen LogP contribution is 2.35. The highest BCUT2D eigenvalue weighted by molar-refractivity contribution is 5.91. The summed E-state index contributed by atoms with van der Waals surface area (Å²) in [4.78, 5) is 24.3. The highest BCUT2D eigenvalue weighted by atomic mass is 16.5. The van der Waals surface area contributed by atoms with Gasteiger partial charge in [-0.05, 0) is 89.8 Å². The molecule has 0 aromatic heterocycles. The summed E-state index contributed by atoms with van der Waals surface area (Å²) in [5.74, 6) is 0.00621. The number of carboxylic acid groups (broad SMARTS) is 1. The van der Waals surface area contributed by atoms with Gasteiger partial charge in [0, 0.05) is 0 Å². The standard InChI is InChI=1S/C32H38O4/c1-5-8-9-24-10-12-26(13-11-24)32(35)36-28-17-14-25(15-18-28)29-19-16-27(31(33)34)21-30(29)22(4)20-23(6-2)7-3/h10-19,21-23H,5-9,20H2,1-4H3,(H,33,34)/t22-/m1/s1. The molecular weight excluding hydrogens is 448 g/mol. The zero-order chi connectivity index (χ0) is 26.1. The molecule has 0 unspecified atom stereocenters. The second-order valence-corrected chi connectivity index (χ2v) is 9.64. The van der Waals surface area contributed by atoms with E-state index in [1.54, 1.807) is 18.2 Å². The third kappa shape index (κ3) is 7.07. The van der Waals surface area contributed by atoms with E-state index in [-0.39, 0.29) is 11.9 Å². The van der Waals surface area contributed by atoms with Gasteiger partial charge in [-0.15, -0.1) is 0 Å². The van der Waals surface area contributed by atoms with Crippen molar-refractivity contribution >= 4 is 11.9 Å². The Morgan fingerprint density at radius 1 is 0.861 bits per heavy atom. The van der Waals surface area contributed by atoms with Gasteiger partial charge < -0.3 is 9.84 Å². The molecule has 0 aliphatic rings. The first-order chi connectivity index (χ1) is 17.4. The van der Waals surface area contributed by atoms with Gasteiger partial charge in [0.15, 0.2) is 0 Å². The molecule has 4 heteroatoms. The van der Waals surface area contributed by atoms with Crippen LogP contribution in [0.2, 0.25) is 0 Å². The maximum absolute atomic E-state index is 12.6. The van der Waals surface area contributed by atoms with Crippen LogP contribution >= 0.6 is 0 Å². The Hall–Kier alpha value is -3.40. The number of unbranched alkanes of at least 4 members (excludes halogenated alkanes) is 1. The highest BCUT2D eigenvalue weighted by Gasteiger charge is 2.18. The van der Waals surface area contributed by atoms with Crippen LogP contribution in [0.5, 0.6) is 5.75 Å². The fraction of sp³-hybridized carbons (Fsp3) is 0.375. The lowest BCUT2D eigenvalue weighted by Gasteiger charge is -2.22. The minimum atomic E-state index is -0.918. The minimum absolute atomic E-state index is 0.224. The molecule has 3 rings (SSSR count). The predicted molar refractivity (Wildman–Crippen MR) is 146 cm³/mol. The second-order valence-electron chi connectivity index (χ2n) is 9.64. The normalized spacial score (nSPS) is 11.9. The molecule has 0 amide bonds. The van der Waals surface area contributed by atoms with Crippen molar-refractivity contribution in [2.75, 3.05) is 0 Å². The van der Waals surface area contributed by atoms with Crippen LogP contribution in [0.1, 0.15) is 97.6 Å². The average Bonchev–Trinajstić information content (AvgIpc) is 2.90. The van der Waals surface area contributed by atoms with Crippen LogP contribution in [0.4, 0.5) is 0 Å². The monoisotopic (exact) mass is 486 g/mol. The Balaban J connectivity index is 1.79. The van der Waals surface area contributed by atoms with Crippen molar-refractivity contribution in [3.63, 3.8) is 0 Å². The van der Waals surface area contributed by atoms with E-state index in [0.29, 0.717) is 22.8 Å². The van der Waals surface area contributed by atoms with Gasteiger partial charge in [0.25, 0.3) is 0 Å². The maximum Gasteiger partial charge on any atom is 0.343 e. The number of ether oxygens (including phenoxy) is 1. The lowest BCUT2D eigenvalue weighted by atomic mass is 9.83. The lowest BCUT2D eigenvalue weighted by Crippen LogP contribution is -2.08. The van der Waals surface area contributed by atoms with Crippen molar-refractivity contribution in [2.45, 2.75) is 72.1 Å². The molecule has 0 radical (unpaired) electrons. The number of benzene rings is 3. The molecule has 0 fully saturated rings. The van der Waals surface area contributed by atoms with Gasteiger partial charge >= 0.3 is 11.9 Å². The van der Waals surface area contributed by atoms with E-state index < -0.39 is 5.97 Å². The molecule has 0 heterocycles. The SMILES string of the molecule is CCCCc1ccc(C(=O)Oc2ccc(-c3ccc(C(=O)O)cc3[C@H](C)CC(CC)CC)cc2)cc1. The molecule has 4 nitrogen and oxygen atoms in total. The zero-order valence-electron chi connectivity index (χ0n) is 21.9. The van der Waals surface area contributed by atoms with Crippen molar-refractivity contribution in [2.24, 2.45) is 5.92 Å². The number of rotatable bonds is 12. The Labute approximate surface area is 215 Å². The molecule has 3 aromatic rings. The van der Waals surface area contributed by atoms with Crippen molar-refractivity contribution in [1.29, 1.82) is 0 Å². The van der Waals surface area contributed by atoms with E-state index in [4.69, 9.17) is 4.74 Å². The van der Waals surface area contributed by atoms with Crippen molar-refractivity contribution in [3.05, 3.63) is 89.0 Å². The number of hydrogen-bond acceptors (Lipinski definition) is 3. The summed E-state index contributed by atoms with van der Waals surface area (Å²) in [7, 11) is 0.